The number of fused-ring (bicyclic) bond motifs is 1. The van der Waals surface area contributed by atoms with Crippen molar-refractivity contribution in [2.45, 2.75) is 45.6 Å². The van der Waals surface area contributed by atoms with Gasteiger partial charge in [0.25, 0.3) is 0 Å². The van der Waals surface area contributed by atoms with E-state index >= 15 is 0 Å². The smallest absolute Gasteiger partial charge is 0.0578 e. The van der Waals surface area contributed by atoms with Gasteiger partial charge in [-0.1, -0.05) is 22.0 Å². The Kier molecular flexibility index (Phi) is 4.18. The standard InChI is InChI=1S/C17H20BrNS/c1-11-14(18)7-5-8-15(11)19-12(2)17-10-13-6-3-4-9-16(13)20-17/h5,7-8,10,12,19H,3-4,6,9H2,1-2H3. The summed E-state index contributed by atoms with van der Waals surface area (Å²) in [5, 5.41) is 3.66. The Morgan fingerprint density at radius 2 is 2.05 bits per heavy atom. The fourth-order valence-corrected chi connectivity index (χ4v) is 4.42. The Balaban J connectivity index is 1.80. The third kappa shape index (κ3) is 2.79. The average Bonchev–Trinajstić information content (AvgIpc) is 2.88. The van der Waals surface area contributed by atoms with Gasteiger partial charge >= 0.3 is 0 Å². The van der Waals surface area contributed by atoms with Crippen LogP contribution in [-0.2, 0) is 12.8 Å². The van der Waals surface area contributed by atoms with Gasteiger partial charge in [0.2, 0.25) is 0 Å². The molecule has 2 aromatic rings. The highest BCUT2D eigenvalue weighted by atomic mass is 79.9. The first kappa shape index (κ1) is 14.2. The van der Waals surface area contributed by atoms with Gasteiger partial charge in [-0.25, -0.2) is 0 Å². The summed E-state index contributed by atoms with van der Waals surface area (Å²) in [5.41, 5.74) is 4.09. The number of rotatable bonds is 3. The van der Waals surface area contributed by atoms with Crippen LogP contribution in [0.1, 0.15) is 46.7 Å². The van der Waals surface area contributed by atoms with Crippen LogP contribution in [0.4, 0.5) is 5.69 Å². The van der Waals surface area contributed by atoms with Gasteiger partial charge < -0.3 is 5.32 Å². The van der Waals surface area contributed by atoms with E-state index in [1.807, 2.05) is 11.3 Å². The predicted octanol–water partition coefficient (Wildman–Crippen LogP) is 5.87. The minimum Gasteiger partial charge on any atom is -0.377 e. The summed E-state index contributed by atoms with van der Waals surface area (Å²) in [5.74, 6) is 0. The molecule has 1 heterocycles. The van der Waals surface area contributed by atoms with Crippen LogP contribution in [0.15, 0.2) is 28.7 Å². The Morgan fingerprint density at radius 3 is 2.85 bits per heavy atom. The van der Waals surface area contributed by atoms with E-state index in [1.54, 1.807) is 10.4 Å². The molecule has 3 heteroatoms. The fourth-order valence-electron chi connectivity index (χ4n) is 2.80. The van der Waals surface area contributed by atoms with Crippen molar-refractivity contribution < 1.29 is 0 Å². The molecule has 20 heavy (non-hydrogen) atoms. The predicted molar refractivity (Wildman–Crippen MR) is 91.9 cm³/mol. The molecule has 1 unspecified atom stereocenters. The van der Waals surface area contributed by atoms with Gasteiger partial charge in [0.05, 0.1) is 6.04 Å². The molecule has 1 atom stereocenters. The average molecular weight is 350 g/mol. The highest BCUT2D eigenvalue weighted by Gasteiger charge is 2.17. The summed E-state index contributed by atoms with van der Waals surface area (Å²) in [7, 11) is 0. The van der Waals surface area contributed by atoms with Crippen LogP contribution in [-0.4, -0.2) is 0 Å². The first-order chi connectivity index (χ1) is 9.65. The highest BCUT2D eigenvalue weighted by molar-refractivity contribution is 9.10. The van der Waals surface area contributed by atoms with Crippen LogP contribution >= 0.6 is 27.3 Å². The number of nitrogens with one attached hydrogen (secondary N) is 1. The van der Waals surface area contributed by atoms with Crippen LogP contribution in [0, 0.1) is 6.92 Å². The second-order valence-corrected chi connectivity index (χ2v) is 7.61. The van der Waals surface area contributed by atoms with E-state index < -0.39 is 0 Å². The minimum absolute atomic E-state index is 0.374. The molecule has 0 aliphatic heterocycles. The third-order valence-electron chi connectivity index (χ3n) is 4.08. The molecule has 0 amide bonds. The van der Waals surface area contributed by atoms with E-state index in [0.29, 0.717) is 6.04 Å². The summed E-state index contributed by atoms with van der Waals surface area (Å²) in [6.45, 7) is 4.41. The number of anilines is 1. The van der Waals surface area contributed by atoms with E-state index in [0.717, 1.165) is 0 Å². The maximum Gasteiger partial charge on any atom is 0.0578 e. The molecule has 1 aromatic heterocycles. The summed E-state index contributed by atoms with van der Waals surface area (Å²) in [4.78, 5) is 3.09. The molecule has 0 bridgehead atoms. The van der Waals surface area contributed by atoms with E-state index in [9.17, 15) is 0 Å². The fraction of sp³-hybridized carbons (Fsp3) is 0.412. The molecule has 1 aromatic carbocycles. The van der Waals surface area contributed by atoms with Crippen LogP contribution in [0.2, 0.25) is 0 Å². The van der Waals surface area contributed by atoms with Gasteiger partial charge in [-0.3, -0.25) is 0 Å². The molecule has 0 fully saturated rings. The summed E-state index contributed by atoms with van der Waals surface area (Å²) in [6, 6.07) is 9.13. The quantitative estimate of drug-likeness (QED) is 0.730. The van der Waals surface area contributed by atoms with Gasteiger partial charge in [0.1, 0.15) is 0 Å². The number of halogens is 1. The molecule has 1 aliphatic carbocycles. The Morgan fingerprint density at radius 1 is 1.25 bits per heavy atom. The first-order valence-corrected chi connectivity index (χ1v) is 8.89. The monoisotopic (exact) mass is 349 g/mol. The topological polar surface area (TPSA) is 12.0 Å². The molecule has 1 aliphatic rings. The van der Waals surface area contributed by atoms with E-state index in [2.05, 4.69) is 59.4 Å². The largest absolute Gasteiger partial charge is 0.377 e. The van der Waals surface area contributed by atoms with Gasteiger partial charge in [-0.15, -0.1) is 11.3 Å². The van der Waals surface area contributed by atoms with Crippen molar-refractivity contribution in [3.05, 3.63) is 49.6 Å². The maximum atomic E-state index is 3.66. The van der Waals surface area contributed by atoms with Crippen molar-refractivity contribution in [2.24, 2.45) is 0 Å². The lowest BCUT2D eigenvalue weighted by Gasteiger charge is -2.16. The number of aryl methyl sites for hydroxylation is 2. The lowest BCUT2D eigenvalue weighted by Crippen LogP contribution is -2.06. The van der Waals surface area contributed by atoms with Gasteiger partial charge in [-0.2, -0.15) is 0 Å². The molecule has 0 saturated carbocycles. The Labute approximate surface area is 133 Å². The van der Waals surface area contributed by atoms with Crippen molar-refractivity contribution in [3.63, 3.8) is 0 Å². The van der Waals surface area contributed by atoms with Crippen molar-refractivity contribution in [2.75, 3.05) is 5.32 Å². The molecule has 3 rings (SSSR count). The second kappa shape index (κ2) is 5.90. The molecular formula is C17H20BrNS. The minimum atomic E-state index is 0.374. The van der Waals surface area contributed by atoms with Crippen molar-refractivity contribution in [1.82, 2.24) is 0 Å². The molecule has 106 valence electrons. The van der Waals surface area contributed by atoms with E-state index in [-0.39, 0.29) is 0 Å². The zero-order chi connectivity index (χ0) is 14.1. The summed E-state index contributed by atoms with van der Waals surface area (Å²) < 4.78 is 1.17. The first-order valence-electron chi connectivity index (χ1n) is 7.28. The number of hydrogen-bond donors (Lipinski definition) is 1. The molecule has 0 radical (unpaired) electrons. The van der Waals surface area contributed by atoms with Crippen molar-refractivity contribution >= 4 is 33.0 Å². The van der Waals surface area contributed by atoms with Crippen LogP contribution < -0.4 is 5.32 Å². The zero-order valence-corrected chi connectivity index (χ0v) is 14.4. The SMILES string of the molecule is Cc1c(Br)cccc1NC(C)c1cc2c(s1)CCCC2. The Hall–Kier alpha value is -0.800. The second-order valence-electron chi connectivity index (χ2n) is 5.58. The number of hydrogen-bond acceptors (Lipinski definition) is 2. The van der Waals surface area contributed by atoms with Gasteiger partial charge in [-0.05, 0) is 68.9 Å². The molecule has 0 spiro atoms. The zero-order valence-electron chi connectivity index (χ0n) is 12.0. The summed E-state index contributed by atoms with van der Waals surface area (Å²) >= 11 is 5.60. The molecule has 1 nitrogen and oxygen atoms in total. The normalized spacial score (nSPS) is 15.8. The highest BCUT2D eigenvalue weighted by Crippen LogP contribution is 2.35. The van der Waals surface area contributed by atoms with E-state index in [1.165, 1.54) is 46.3 Å². The third-order valence-corrected chi connectivity index (χ3v) is 6.36. The lowest BCUT2D eigenvalue weighted by atomic mass is 9.99. The van der Waals surface area contributed by atoms with Gasteiger partial charge in [0, 0.05) is 19.9 Å². The number of benzene rings is 1. The summed E-state index contributed by atoms with van der Waals surface area (Å²) in [6.07, 6.45) is 5.27. The maximum absolute atomic E-state index is 3.66. The van der Waals surface area contributed by atoms with E-state index in [4.69, 9.17) is 0 Å². The van der Waals surface area contributed by atoms with Gasteiger partial charge in [0.15, 0.2) is 0 Å². The molecular weight excluding hydrogens is 330 g/mol. The van der Waals surface area contributed by atoms with Crippen molar-refractivity contribution in [1.29, 1.82) is 0 Å². The lowest BCUT2D eigenvalue weighted by molar-refractivity contribution is 0.696. The van der Waals surface area contributed by atoms with Crippen molar-refractivity contribution in [3.8, 4) is 0 Å². The molecule has 1 N–H and O–H groups in total. The number of thiophene rings is 1. The van der Waals surface area contributed by atoms with Crippen LogP contribution in [0.3, 0.4) is 0 Å². The molecule has 0 saturated heterocycles. The van der Waals surface area contributed by atoms with Crippen LogP contribution in [0.5, 0.6) is 0 Å². The van der Waals surface area contributed by atoms with Crippen LogP contribution in [0.25, 0.3) is 0 Å². The Bertz CT molecular complexity index is 594.